The topological polar surface area (TPSA) is 89.0 Å². The second kappa shape index (κ2) is 11.1. The van der Waals surface area contributed by atoms with Crippen molar-refractivity contribution < 1.29 is 23.5 Å². The zero-order chi connectivity index (χ0) is 22.2. The van der Waals surface area contributed by atoms with Crippen molar-refractivity contribution in [2.24, 2.45) is 5.10 Å². The number of rotatable bonds is 7. The predicted molar refractivity (Wildman–Crippen MR) is 115 cm³/mol. The van der Waals surface area contributed by atoms with E-state index in [0.29, 0.717) is 22.9 Å². The fourth-order valence-electron chi connectivity index (χ4n) is 2.88. The highest BCUT2D eigenvalue weighted by molar-refractivity contribution is 6.35. The maximum Gasteiger partial charge on any atom is 0.329 e. The zero-order valence-electron chi connectivity index (χ0n) is 16.4. The molecule has 1 aliphatic heterocycles. The van der Waals surface area contributed by atoms with Gasteiger partial charge in [-0.15, -0.1) is 0 Å². The number of hydrazone groups is 1. The molecule has 0 saturated carbocycles. The molecule has 31 heavy (non-hydrogen) atoms. The van der Waals surface area contributed by atoms with Gasteiger partial charge in [0.1, 0.15) is 18.2 Å². The molecule has 1 heterocycles. The first kappa shape index (κ1) is 23.0. The number of carbonyl (C=O) groups excluding carboxylic acids is 2. The second-order valence-electron chi connectivity index (χ2n) is 6.72. The average molecular weight is 468 g/mol. The van der Waals surface area contributed by atoms with Gasteiger partial charge in [0.15, 0.2) is 0 Å². The summed E-state index contributed by atoms with van der Waals surface area (Å²) in [7, 11) is 0. The summed E-state index contributed by atoms with van der Waals surface area (Å²) in [4.78, 5) is 23.7. The van der Waals surface area contributed by atoms with Gasteiger partial charge in [0.05, 0.1) is 17.3 Å². The Kier molecular flexibility index (Phi) is 8.22. The van der Waals surface area contributed by atoms with Crippen LogP contribution in [-0.4, -0.2) is 37.3 Å². The minimum Gasteiger partial charge on any atom is -0.488 e. The molecule has 1 saturated heterocycles. The normalized spacial score (nSPS) is 15.8. The molecular weight excluding hydrogens is 448 g/mol. The number of ether oxygens (including phenoxy) is 2. The van der Waals surface area contributed by atoms with Crippen LogP contribution >= 0.6 is 23.2 Å². The third kappa shape index (κ3) is 6.65. The van der Waals surface area contributed by atoms with Crippen molar-refractivity contribution >= 4 is 41.2 Å². The van der Waals surface area contributed by atoms with Crippen LogP contribution in [0.5, 0.6) is 5.75 Å². The van der Waals surface area contributed by atoms with Crippen molar-refractivity contribution in [2.45, 2.75) is 25.6 Å². The van der Waals surface area contributed by atoms with Crippen LogP contribution < -0.4 is 15.5 Å². The van der Waals surface area contributed by atoms with E-state index in [1.165, 1.54) is 18.3 Å². The minimum atomic E-state index is -0.920. The molecule has 10 heteroatoms. The van der Waals surface area contributed by atoms with Crippen molar-refractivity contribution in [3.05, 3.63) is 63.4 Å². The van der Waals surface area contributed by atoms with E-state index in [-0.39, 0.29) is 29.8 Å². The number of carbonyl (C=O) groups is 2. The third-order valence-corrected chi connectivity index (χ3v) is 5.08. The van der Waals surface area contributed by atoms with Gasteiger partial charge in [-0.25, -0.2) is 9.82 Å². The summed E-state index contributed by atoms with van der Waals surface area (Å²) < 4.78 is 25.0. The monoisotopic (exact) mass is 467 g/mol. The summed E-state index contributed by atoms with van der Waals surface area (Å²) in [6.45, 7) is 0.803. The Balaban J connectivity index is 1.58. The highest BCUT2D eigenvalue weighted by atomic mass is 35.5. The van der Waals surface area contributed by atoms with Gasteiger partial charge >= 0.3 is 11.8 Å². The van der Waals surface area contributed by atoms with Gasteiger partial charge in [-0.2, -0.15) is 5.10 Å². The Morgan fingerprint density at radius 1 is 1.26 bits per heavy atom. The molecule has 0 unspecified atom stereocenters. The van der Waals surface area contributed by atoms with Crippen molar-refractivity contribution in [3.8, 4) is 5.75 Å². The Labute approximate surface area is 188 Å². The van der Waals surface area contributed by atoms with Gasteiger partial charge in [0, 0.05) is 29.3 Å². The summed E-state index contributed by atoms with van der Waals surface area (Å²) in [5.74, 6) is -1.89. The number of amides is 2. The number of benzene rings is 2. The van der Waals surface area contributed by atoms with Crippen molar-refractivity contribution in [1.29, 1.82) is 0 Å². The van der Waals surface area contributed by atoms with E-state index in [9.17, 15) is 14.0 Å². The number of nitrogens with one attached hydrogen (secondary N) is 2. The standard InChI is InChI=1S/C21H20Cl2FN3O4/c22-14-6-7-19(31-12-16-17(23)4-1-5-18(16)24)13(9-14)10-26-27-21(29)20(28)25-11-15-3-2-8-30-15/h1,4-7,9-10,15H,2-3,8,11-12H2,(H,25,28)(H,27,29)/b26-10-/t15-/m0/s1. The summed E-state index contributed by atoms with van der Waals surface area (Å²) in [5, 5.41) is 6.92. The fraction of sp³-hybridized carbons (Fsp3) is 0.286. The van der Waals surface area contributed by atoms with Crippen LogP contribution in [0.4, 0.5) is 4.39 Å². The van der Waals surface area contributed by atoms with Gasteiger partial charge in [0.2, 0.25) is 0 Å². The van der Waals surface area contributed by atoms with Crippen molar-refractivity contribution in [2.75, 3.05) is 13.2 Å². The van der Waals surface area contributed by atoms with Crippen molar-refractivity contribution in [3.63, 3.8) is 0 Å². The van der Waals surface area contributed by atoms with Crippen LogP contribution in [0.15, 0.2) is 41.5 Å². The maximum absolute atomic E-state index is 13.9. The fourth-order valence-corrected chi connectivity index (χ4v) is 3.27. The lowest BCUT2D eigenvalue weighted by Gasteiger charge is -2.11. The number of hydrogen-bond acceptors (Lipinski definition) is 5. The van der Waals surface area contributed by atoms with Gasteiger partial charge in [0.25, 0.3) is 0 Å². The third-order valence-electron chi connectivity index (χ3n) is 4.50. The molecule has 2 aromatic carbocycles. The predicted octanol–water partition coefficient (Wildman–Crippen LogP) is 3.46. The molecule has 2 amide bonds. The van der Waals surface area contributed by atoms with E-state index < -0.39 is 17.6 Å². The zero-order valence-corrected chi connectivity index (χ0v) is 17.9. The van der Waals surface area contributed by atoms with Crippen LogP contribution in [0.1, 0.15) is 24.0 Å². The minimum absolute atomic E-state index is 0.0747. The summed E-state index contributed by atoms with van der Waals surface area (Å²) in [6.07, 6.45) is 2.98. The molecule has 3 rings (SSSR count). The van der Waals surface area contributed by atoms with Crippen molar-refractivity contribution in [1.82, 2.24) is 10.7 Å². The SMILES string of the molecule is O=C(NC[C@@H]1CCCO1)C(=O)N/N=C\c1cc(Cl)ccc1OCc1c(F)cccc1Cl. The van der Waals surface area contributed by atoms with E-state index in [1.807, 2.05) is 0 Å². The van der Waals surface area contributed by atoms with Crippen LogP contribution in [0.3, 0.4) is 0 Å². The molecule has 0 bridgehead atoms. The van der Waals surface area contributed by atoms with Crippen LogP contribution in [0.2, 0.25) is 10.0 Å². The van der Waals surface area contributed by atoms with E-state index >= 15 is 0 Å². The first-order valence-electron chi connectivity index (χ1n) is 9.52. The van der Waals surface area contributed by atoms with Gasteiger partial charge in [-0.1, -0.05) is 29.3 Å². The summed E-state index contributed by atoms with van der Waals surface area (Å²) in [6, 6.07) is 9.07. The Bertz CT molecular complexity index is 961. The molecule has 2 aromatic rings. The molecule has 0 spiro atoms. The molecule has 2 N–H and O–H groups in total. The molecule has 1 fully saturated rings. The molecule has 0 aromatic heterocycles. The number of hydrogen-bond donors (Lipinski definition) is 2. The molecule has 164 valence electrons. The van der Waals surface area contributed by atoms with Gasteiger partial charge < -0.3 is 14.8 Å². The lowest BCUT2D eigenvalue weighted by atomic mass is 10.2. The first-order valence-corrected chi connectivity index (χ1v) is 10.3. The van der Waals surface area contributed by atoms with E-state index in [1.54, 1.807) is 24.3 Å². The largest absolute Gasteiger partial charge is 0.488 e. The molecule has 1 atom stereocenters. The van der Waals surface area contributed by atoms with E-state index in [4.69, 9.17) is 32.7 Å². The average Bonchev–Trinajstić information content (AvgIpc) is 3.26. The Morgan fingerprint density at radius 3 is 2.84 bits per heavy atom. The Morgan fingerprint density at radius 2 is 2.10 bits per heavy atom. The number of halogens is 3. The molecule has 1 aliphatic rings. The number of nitrogens with zero attached hydrogens (tertiary/aromatic N) is 1. The van der Waals surface area contributed by atoms with E-state index in [2.05, 4.69) is 15.8 Å². The first-order chi connectivity index (χ1) is 14.9. The maximum atomic E-state index is 13.9. The molecule has 0 aliphatic carbocycles. The smallest absolute Gasteiger partial charge is 0.329 e. The molecular formula is C21H20Cl2FN3O4. The van der Waals surface area contributed by atoms with Crippen LogP contribution in [-0.2, 0) is 20.9 Å². The van der Waals surface area contributed by atoms with Gasteiger partial charge in [-0.3, -0.25) is 9.59 Å². The van der Waals surface area contributed by atoms with E-state index in [0.717, 1.165) is 12.8 Å². The highest BCUT2D eigenvalue weighted by Crippen LogP contribution is 2.25. The Hall–Kier alpha value is -2.68. The second-order valence-corrected chi connectivity index (χ2v) is 7.56. The van der Waals surface area contributed by atoms with Crippen LogP contribution in [0, 0.1) is 5.82 Å². The summed E-state index contributed by atoms with van der Waals surface area (Å²) in [5.41, 5.74) is 2.77. The summed E-state index contributed by atoms with van der Waals surface area (Å²) >= 11 is 12.0. The quantitative estimate of drug-likeness (QED) is 0.370. The molecule has 7 nitrogen and oxygen atoms in total. The lowest BCUT2D eigenvalue weighted by molar-refractivity contribution is -0.139. The lowest BCUT2D eigenvalue weighted by Crippen LogP contribution is -2.41. The van der Waals surface area contributed by atoms with Gasteiger partial charge in [-0.05, 0) is 43.2 Å². The van der Waals surface area contributed by atoms with Crippen LogP contribution in [0.25, 0.3) is 0 Å². The highest BCUT2D eigenvalue weighted by Gasteiger charge is 2.19. The molecule has 0 radical (unpaired) electrons.